The van der Waals surface area contributed by atoms with Crippen molar-refractivity contribution in [2.24, 2.45) is 5.92 Å². The Morgan fingerprint density at radius 1 is 0.942 bits per heavy atom. The minimum Gasteiger partial charge on any atom is -0.496 e. The maximum absolute atomic E-state index is 11.5. The largest absolute Gasteiger partial charge is 0.496 e. The van der Waals surface area contributed by atoms with Crippen LogP contribution in [0.4, 0.5) is 5.69 Å². The maximum atomic E-state index is 11.5. The molecule has 0 amide bonds. The SMILES string of the molecule is [C-]#[N+]c1cc(CN2CC[C@@H](C(=O)O)C2)cc2nc(-c3cccc(-c4cccc(/C=C/c5cc(OC)c(CN6CC[C@@H](O)C6)cc5C)c4C)c3C)oc12. The Bertz CT molecular complexity index is 2230. The zero-order valence-electron chi connectivity index (χ0n) is 30.1. The van der Waals surface area contributed by atoms with Crippen LogP contribution in [0.2, 0.25) is 0 Å². The van der Waals surface area contributed by atoms with Crippen molar-refractivity contribution < 1.29 is 24.2 Å². The number of methoxy groups -OCH3 is 1. The van der Waals surface area contributed by atoms with Crippen molar-refractivity contribution >= 4 is 34.9 Å². The summed E-state index contributed by atoms with van der Waals surface area (Å²) in [5.74, 6) is 0.201. The molecule has 2 aliphatic heterocycles. The van der Waals surface area contributed by atoms with Gasteiger partial charge in [-0.25, -0.2) is 9.83 Å². The number of likely N-dealkylation sites (tertiary alicyclic amines) is 2. The molecule has 266 valence electrons. The van der Waals surface area contributed by atoms with Gasteiger partial charge in [-0.3, -0.25) is 14.6 Å². The first-order valence-corrected chi connectivity index (χ1v) is 17.8. The van der Waals surface area contributed by atoms with Crippen LogP contribution in [0.25, 0.3) is 50.7 Å². The Labute approximate surface area is 304 Å². The standard InChI is InChI=1S/C43H44N4O5/c1-26-18-33(24-47-17-15-34(48)25-47)40(51-5)21-31(26)13-12-30-8-6-9-35(27(30)2)36-10-7-11-37(28(36)3)42-45-39-20-29(19-38(44-4)41(39)52-42)22-46-16-14-32(23-46)43(49)50/h6-13,18-21,32,34,48H,14-17,22-25H2,1-3,5H3,(H,49,50)/b13-12+/t32-,34-/m1/s1. The fourth-order valence-corrected chi connectivity index (χ4v) is 7.72. The van der Waals surface area contributed by atoms with Gasteiger partial charge in [-0.2, -0.15) is 0 Å². The van der Waals surface area contributed by atoms with E-state index in [-0.39, 0.29) is 12.0 Å². The lowest BCUT2D eigenvalue weighted by Gasteiger charge is -2.18. The first kappa shape index (κ1) is 35.1. The van der Waals surface area contributed by atoms with Crippen LogP contribution >= 0.6 is 0 Å². The van der Waals surface area contributed by atoms with Crippen LogP contribution in [0.5, 0.6) is 5.75 Å². The number of hydrogen-bond donors (Lipinski definition) is 2. The first-order chi connectivity index (χ1) is 25.1. The Morgan fingerprint density at radius 3 is 2.37 bits per heavy atom. The molecule has 3 heterocycles. The number of ether oxygens (including phenoxy) is 1. The molecule has 0 saturated carbocycles. The van der Waals surface area contributed by atoms with E-state index in [1.807, 2.05) is 24.3 Å². The Kier molecular flexibility index (Phi) is 9.98. The molecule has 9 nitrogen and oxygen atoms in total. The van der Waals surface area contributed by atoms with E-state index < -0.39 is 5.97 Å². The molecular formula is C43H44N4O5. The number of rotatable bonds is 10. The molecule has 0 bridgehead atoms. The van der Waals surface area contributed by atoms with Gasteiger partial charge in [-0.1, -0.05) is 48.6 Å². The molecule has 0 unspecified atom stereocenters. The Hall–Kier alpha value is -5.27. The second-order valence-corrected chi connectivity index (χ2v) is 14.2. The van der Waals surface area contributed by atoms with Gasteiger partial charge in [0.1, 0.15) is 5.75 Å². The van der Waals surface area contributed by atoms with Crippen molar-refractivity contribution in [3.8, 4) is 28.3 Å². The third kappa shape index (κ3) is 7.10. The lowest BCUT2D eigenvalue weighted by atomic mass is 9.91. The van der Waals surface area contributed by atoms with Gasteiger partial charge in [0.2, 0.25) is 11.6 Å². The predicted molar refractivity (Wildman–Crippen MR) is 204 cm³/mol. The lowest BCUT2D eigenvalue weighted by Crippen LogP contribution is -2.22. The number of carbonyl (C=O) groups is 1. The second kappa shape index (κ2) is 14.8. The minimum atomic E-state index is -0.759. The molecule has 2 atom stereocenters. The summed E-state index contributed by atoms with van der Waals surface area (Å²) < 4.78 is 12.1. The fourth-order valence-electron chi connectivity index (χ4n) is 7.72. The summed E-state index contributed by atoms with van der Waals surface area (Å²) in [6.07, 6.45) is 5.49. The number of aryl methyl sites for hydroxylation is 1. The third-order valence-electron chi connectivity index (χ3n) is 10.7. The van der Waals surface area contributed by atoms with E-state index in [4.69, 9.17) is 20.7 Å². The Morgan fingerprint density at radius 2 is 1.65 bits per heavy atom. The molecule has 0 radical (unpaired) electrons. The van der Waals surface area contributed by atoms with Crippen molar-refractivity contribution in [3.63, 3.8) is 0 Å². The van der Waals surface area contributed by atoms with E-state index in [0.29, 0.717) is 55.3 Å². The smallest absolute Gasteiger partial charge is 0.307 e. The molecular weight excluding hydrogens is 652 g/mol. The maximum Gasteiger partial charge on any atom is 0.307 e. The number of aliphatic hydroxyl groups is 1. The summed E-state index contributed by atoms with van der Waals surface area (Å²) in [5.41, 5.74) is 12.1. The van der Waals surface area contributed by atoms with Gasteiger partial charge in [0.05, 0.1) is 31.2 Å². The molecule has 2 aliphatic rings. The summed E-state index contributed by atoms with van der Waals surface area (Å²) in [4.78, 5) is 24.5. The summed E-state index contributed by atoms with van der Waals surface area (Å²) in [6.45, 7) is 18.3. The number of oxazole rings is 1. The molecule has 2 saturated heterocycles. The normalized spacial score (nSPS) is 18.1. The van der Waals surface area contributed by atoms with Crippen molar-refractivity contribution in [1.29, 1.82) is 0 Å². The van der Waals surface area contributed by atoms with Crippen LogP contribution in [-0.2, 0) is 17.9 Å². The highest BCUT2D eigenvalue weighted by Crippen LogP contribution is 2.38. The molecule has 52 heavy (non-hydrogen) atoms. The number of β-amino-alcohol motifs (C(OH)–C–C–N with tert-alkyl or cyclic N) is 1. The number of fused-ring (bicyclic) bond motifs is 1. The highest BCUT2D eigenvalue weighted by atomic mass is 16.5. The van der Waals surface area contributed by atoms with Gasteiger partial charge in [-0.15, -0.1) is 0 Å². The fraction of sp³-hybridized carbons (Fsp3) is 0.326. The molecule has 0 spiro atoms. The predicted octanol–water partition coefficient (Wildman–Crippen LogP) is 8.29. The lowest BCUT2D eigenvalue weighted by molar-refractivity contribution is -0.141. The van der Waals surface area contributed by atoms with Crippen molar-refractivity contribution in [3.05, 3.63) is 111 Å². The molecule has 1 aromatic heterocycles. The van der Waals surface area contributed by atoms with Crippen LogP contribution < -0.4 is 4.74 Å². The molecule has 2 N–H and O–H groups in total. The van der Waals surface area contributed by atoms with E-state index in [2.05, 4.69) is 84.0 Å². The molecule has 7 rings (SSSR count). The summed E-state index contributed by atoms with van der Waals surface area (Å²) in [6, 6.07) is 20.6. The van der Waals surface area contributed by atoms with Crippen LogP contribution in [0.1, 0.15) is 51.8 Å². The van der Waals surface area contributed by atoms with E-state index in [9.17, 15) is 15.0 Å². The minimum absolute atomic E-state index is 0.252. The molecule has 0 aliphatic carbocycles. The van der Waals surface area contributed by atoms with Crippen LogP contribution in [0.3, 0.4) is 0 Å². The molecule has 2 fully saturated rings. The first-order valence-electron chi connectivity index (χ1n) is 17.8. The summed E-state index contributed by atoms with van der Waals surface area (Å²) >= 11 is 0. The number of benzene rings is 4. The van der Waals surface area contributed by atoms with Gasteiger partial charge in [0, 0.05) is 43.9 Å². The molecule has 5 aromatic rings. The number of carboxylic acid groups (broad SMARTS) is 1. The van der Waals surface area contributed by atoms with Crippen molar-refractivity contribution in [2.45, 2.75) is 52.8 Å². The van der Waals surface area contributed by atoms with E-state index >= 15 is 0 Å². The number of aliphatic hydroxyl groups excluding tert-OH is 1. The van der Waals surface area contributed by atoms with Crippen LogP contribution in [0.15, 0.2) is 65.1 Å². The van der Waals surface area contributed by atoms with Gasteiger partial charge >= 0.3 is 5.97 Å². The Balaban J connectivity index is 1.15. The van der Waals surface area contributed by atoms with Crippen LogP contribution in [-0.4, -0.2) is 70.4 Å². The van der Waals surface area contributed by atoms with Gasteiger partial charge < -0.3 is 19.4 Å². The highest BCUT2D eigenvalue weighted by molar-refractivity contribution is 5.90. The number of aromatic nitrogens is 1. The molecule has 4 aromatic carbocycles. The zero-order chi connectivity index (χ0) is 36.5. The van der Waals surface area contributed by atoms with Gasteiger partial charge in [0.25, 0.3) is 0 Å². The average molecular weight is 697 g/mol. The van der Waals surface area contributed by atoms with E-state index in [1.165, 1.54) is 5.56 Å². The van der Waals surface area contributed by atoms with Gasteiger partial charge in [-0.05, 0) is 109 Å². The van der Waals surface area contributed by atoms with Crippen molar-refractivity contribution in [2.75, 3.05) is 33.3 Å². The third-order valence-corrected chi connectivity index (χ3v) is 10.7. The molecule has 9 heteroatoms. The zero-order valence-corrected chi connectivity index (χ0v) is 30.1. The summed E-state index contributed by atoms with van der Waals surface area (Å²) in [7, 11) is 1.71. The second-order valence-electron chi connectivity index (χ2n) is 14.2. The average Bonchev–Trinajstić information content (AvgIpc) is 3.88. The highest BCUT2D eigenvalue weighted by Gasteiger charge is 2.28. The van der Waals surface area contributed by atoms with Crippen LogP contribution in [0, 0.1) is 33.3 Å². The number of aliphatic carboxylic acids is 1. The van der Waals surface area contributed by atoms with E-state index in [1.54, 1.807) is 7.11 Å². The monoisotopic (exact) mass is 696 g/mol. The number of carboxylic acids is 1. The quantitative estimate of drug-likeness (QED) is 0.111. The number of nitrogens with zero attached hydrogens (tertiary/aromatic N) is 4. The van der Waals surface area contributed by atoms with Crippen molar-refractivity contribution in [1.82, 2.24) is 14.8 Å². The van der Waals surface area contributed by atoms with Gasteiger partial charge in [0.15, 0.2) is 5.58 Å². The topological polar surface area (TPSA) is 104 Å². The summed E-state index contributed by atoms with van der Waals surface area (Å²) in [5, 5.41) is 19.4. The van der Waals surface area contributed by atoms with E-state index in [0.717, 1.165) is 75.3 Å². The number of hydrogen-bond acceptors (Lipinski definition) is 7.